The summed E-state index contributed by atoms with van der Waals surface area (Å²) in [4.78, 5) is 16.7. The summed E-state index contributed by atoms with van der Waals surface area (Å²) in [6, 6.07) is 7.64. The van der Waals surface area contributed by atoms with Crippen LogP contribution in [0.15, 0.2) is 24.3 Å². The molecule has 0 spiro atoms. The first kappa shape index (κ1) is 14.7. The molecule has 1 aromatic rings. The summed E-state index contributed by atoms with van der Waals surface area (Å²) >= 11 is 0. The average Bonchev–Trinajstić information content (AvgIpc) is 2.98. The van der Waals surface area contributed by atoms with Gasteiger partial charge in [0.1, 0.15) is 6.04 Å². The first-order valence-electron chi connectivity index (χ1n) is 7.55. The van der Waals surface area contributed by atoms with Gasteiger partial charge in [0.15, 0.2) is 0 Å². The lowest BCUT2D eigenvalue weighted by Crippen LogP contribution is -2.47. The van der Waals surface area contributed by atoms with Gasteiger partial charge >= 0.3 is 0 Å². The van der Waals surface area contributed by atoms with E-state index in [-0.39, 0.29) is 11.9 Å². The summed E-state index contributed by atoms with van der Waals surface area (Å²) < 4.78 is 0. The monoisotopic (exact) mass is 275 g/mol. The van der Waals surface area contributed by atoms with E-state index in [1.165, 1.54) is 0 Å². The highest BCUT2D eigenvalue weighted by Gasteiger charge is 2.28. The highest BCUT2D eigenvalue weighted by molar-refractivity contribution is 5.86. The van der Waals surface area contributed by atoms with Crippen LogP contribution >= 0.6 is 0 Å². The molecule has 1 aromatic carbocycles. The van der Waals surface area contributed by atoms with E-state index in [1.54, 1.807) is 0 Å². The zero-order valence-corrected chi connectivity index (χ0v) is 12.5. The Bertz CT molecular complexity index is 455. The van der Waals surface area contributed by atoms with Crippen molar-refractivity contribution in [1.82, 2.24) is 4.90 Å². The van der Waals surface area contributed by atoms with Gasteiger partial charge in [0, 0.05) is 19.6 Å². The molecular weight excluding hydrogens is 250 g/mol. The van der Waals surface area contributed by atoms with E-state index in [0.29, 0.717) is 0 Å². The first-order valence-corrected chi connectivity index (χ1v) is 7.55. The van der Waals surface area contributed by atoms with Crippen LogP contribution in [-0.4, -0.2) is 36.5 Å². The Morgan fingerprint density at radius 2 is 2.00 bits per heavy atom. The molecule has 1 atom stereocenters. The maximum Gasteiger partial charge on any atom is 0.244 e. The molecule has 4 heteroatoms. The molecule has 1 saturated heterocycles. The van der Waals surface area contributed by atoms with Gasteiger partial charge in [-0.05, 0) is 38.3 Å². The van der Waals surface area contributed by atoms with Gasteiger partial charge < -0.3 is 15.5 Å². The van der Waals surface area contributed by atoms with Gasteiger partial charge in [-0.15, -0.1) is 0 Å². The summed E-state index contributed by atoms with van der Waals surface area (Å²) in [6.45, 7) is 6.75. The van der Waals surface area contributed by atoms with Crippen LogP contribution in [0, 0.1) is 0 Å². The fraction of sp³-hybridized carbons (Fsp3) is 0.562. The largest absolute Gasteiger partial charge is 0.397 e. The third-order valence-electron chi connectivity index (χ3n) is 3.95. The maximum atomic E-state index is 12.6. The fourth-order valence-corrected chi connectivity index (χ4v) is 2.85. The van der Waals surface area contributed by atoms with E-state index in [4.69, 9.17) is 5.73 Å². The van der Waals surface area contributed by atoms with Gasteiger partial charge in [-0.1, -0.05) is 19.1 Å². The minimum atomic E-state index is -0.155. The lowest BCUT2D eigenvalue weighted by Gasteiger charge is -2.33. The molecule has 1 unspecified atom stereocenters. The Labute approximate surface area is 121 Å². The van der Waals surface area contributed by atoms with Gasteiger partial charge in [0.25, 0.3) is 0 Å². The number of hydrogen-bond donors (Lipinski definition) is 1. The SMILES string of the molecule is CCCN(c1ccccc1N)C(C)C(=O)N1CCCC1. The van der Waals surface area contributed by atoms with E-state index < -0.39 is 0 Å². The Kier molecular flexibility index (Phi) is 4.88. The standard InChI is InChI=1S/C16H25N3O/c1-3-10-19(15-9-5-4-8-14(15)17)13(2)16(20)18-11-6-7-12-18/h4-5,8-9,13H,3,6-7,10-12,17H2,1-2H3. The van der Waals surface area contributed by atoms with Crippen LogP contribution < -0.4 is 10.6 Å². The normalized spacial score (nSPS) is 16.2. The van der Waals surface area contributed by atoms with Crippen LogP contribution in [0.1, 0.15) is 33.1 Å². The minimum absolute atomic E-state index is 0.155. The van der Waals surface area contributed by atoms with E-state index >= 15 is 0 Å². The maximum absolute atomic E-state index is 12.6. The second-order valence-corrected chi connectivity index (χ2v) is 5.46. The Morgan fingerprint density at radius 1 is 1.35 bits per heavy atom. The van der Waals surface area contributed by atoms with Crippen molar-refractivity contribution >= 4 is 17.3 Å². The van der Waals surface area contributed by atoms with Crippen molar-refractivity contribution in [1.29, 1.82) is 0 Å². The summed E-state index contributed by atoms with van der Waals surface area (Å²) in [6.07, 6.45) is 3.24. The number of nitrogens with zero attached hydrogens (tertiary/aromatic N) is 2. The third kappa shape index (κ3) is 3.06. The molecule has 1 heterocycles. The molecule has 0 aliphatic carbocycles. The molecule has 20 heavy (non-hydrogen) atoms. The van der Waals surface area contributed by atoms with Crippen molar-refractivity contribution in [2.45, 2.75) is 39.2 Å². The molecule has 1 fully saturated rings. The van der Waals surface area contributed by atoms with Crippen molar-refractivity contribution < 1.29 is 4.79 Å². The number of hydrogen-bond acceptors (Lipinski definition) is 3. The highest BCUT2D eigenvalue weighted by Crippen LogP contribution is 2.26. The predicted molar refractivity (Wildman–Crippen MR) is 83.8 cm³/mol. The van der Waals surface area contributed by atoms with Crippen molar-refractivity contribution in [2.24, 2.45) is 0 Å². The second kappa shape index (κ2) is 6.64. The number of rotatable bonds is 5. The summed E-state index contributed by atoms with van der Waals surface area (Å²) in [5.41, 5.74) is 7.78. The topological polar surface area (TPSA) is 49.6 Å². The molecule has 4 nitrogen and oxygen atoms in total. The van der Waals surface area contributed by atoms with E-state index in [2.05, 4.69) is 11.8 Å². The van der Waals surface area contributed by atoms with Gasteiger partial charge in [-0.2, -0.15) is 0 Å². The summed E-state index contributed by atoms with van der Waals surface area (Å²) in [5, 5.41) is 0. The van der Waals surface area contributed by atoms with Crippen LogP contribution in [0.2, 0.25) is 0 Å². The number of amides is 1. The molecule has 1 aliphatic rings. The number of benzene rings is 1. The average molecular weight is 275 g/mol. The van der Waals surface area contributed by atoms with Crippen molar-refractivity contribution in [3.63, 3.8) is 0 Å². The molecule has 0 radical (unpaired) electrons. The molecule has 0 aromatic heterocycles. The highest BCUT2D eigenvalue weighted by atomic mass is 16.2. The quantitative estimate of drug-likeness (QED) is 0.840. The van der Waals surface area contributed by atoms with E-state index in [1.807, 2.05) is 36.1 Å². The van der Waals surface area contributed by atoms with Gasteiger partial charge in [0.2, 0.25) is 5.91 Å². The smallest absolute Gasteiger partial charge is 0.244 e. The summed E-state index contributed by atoms with van der Waals surface area (Å²) in [7, 11) is 0. The molecule has 0 bridgehead atoms. The van der Waals surface area contributed by atoms with Crippen molar-refractivity contribution in [3.8, 4) is 0 Å². The summed E-state index contributed by atoms with van der Waals surface area (Å²) in [5.74, 6) is 0.221. The minimum Gasteiger partial charge on any atom is -0.397 e. The molecule has 2 rings (SSSR count). The third-order valence-corrected chi connectivity index (χ3v) is 3.95. The van der Waals surface area contributed by atoms with Gasteiger partial charge in [0.05, 0.1) is 11.4 Å². The van der Waals surface area contributed by atoms with Crippen LogP contribution in [0.5, 0.6) is 0 Å². The lowest BCUT2D eigenvalue weighted by molar-refractivity contribution is -0.131. The molecule has 2 N–H and O–H groups in total. The van der Waals surface area contributed by atoms with Crippen LogP contribution in [0.3, 0.4) is 0 Å². The number of nitrogen functional groups attached to an aromatic ring is 1. The van der Waals surface area contributed by atoms with Crippen LogP contribution in [0.4, 0.5) is 11.4 Å². The fourth-order valence-electron chi connectivity index (χ4n) is 2.85. The van der Waals surface area contributed by atoms with E-state index in [0.717, 1.165) is 50.3 Å². The molecule has 1 amide bonds. The molecular formula is C16H25N3O. The Balaban J connectivity index is 2.19. The second-order valence-electron chi connectivity index (χ2n) is 5.46. The van der Waals surface area contributed by atoms with E-state index in [9.17, 15) is 4.79 Å². The number of likely N-dealkylation sites (tertiary alicyclic amines) is 1. The van der Waals surface area contributed by atoms with Gasteiger partial charge in [-0.3, -0.25) is 4.79 Å². The Hall–Kier alpha value is -1.71. The van der Waals surface area contributed by atoms with Gasteiger partial charge in [-0.25, -0.2) is 0 Å². The predicted octanol–water partition coefficient (Wildman–Crippen LogP) is 2.50. The van der Waals surface area contributed by atoms with Crippen LogP contribution in [0.25, 0.3) is 0 Å². The zero-order valence-electron chi connectivity index (χ0n) is 12.5. The van der Waals surface area contributed by atoms with Crippen molar-refractivity contribution in [2.75, 3.05) is 30.3 Å². The molecule has 110 valence electrons. The van der Waals surface area contributed by atoms with Crippen molar-refractivity contribution in [3.05, 3.63) is 24.3 Å². The molecule has 0 saturated carbocycles. The Morgan fingerprint density at radius 3 is 2.60 bits per heavy atom. The van der Waals surface area contributed by atoms with Crippen LogP contribution in [-0.2, 0) is 4.79 Å². The first-order chi connectivity index (χ1) is 9.65. The number of anilines is 2. The number of carbonyl (C=O) groups is 1. The lowest BCUT2D eigenvalue weighted by atomic mass is 10.1. The molecule has 1 aliphatic heterocycles. The number of para-hydroxylation sites is 2. The zero-order chi connectivity index (χ0) is 14.5. The number of carbonyl (C=O) groups excluding carboxylic acids is 1. The number of nitrogens with two attached hydrogens (primary N) is 1.